The molecule has 0 aromatic carbocycles. The molecule has 1 heterocycles. The molecule has 110 valence electrons. The lowest BCUT2D eigenvalue weighted by Gasteiger charge is -2.12. The molecule has 6 heteroatoms. The largest absolute Gasteiger partial charge is 0.355 e. The summed E-state index contributed by atoms with van der Waals surface area (Å²) in [6.07, 6.45) is 5.15. The second kappa shape index (κ2) is 7.07. The maximum Gasteiger partial charge on any atom is 0.191 e. The molecule has 1 saturated carbocycles. The summed E-state index contributed by atoms with van der Waals surface area (Å²) in [5.41, 5.74) is 1.06. The van der Waals surface area contributed by atoms with Gasteiger partial charge in [0, 0.05) is 25.6 Å². The number of guanidine groups is 1. The van der Waals surface area contributed by atoms with Crippen molar-refractivity contribution >= 4 is 5.96 Å². The minimum Gasteiger partial charge on any atom is -0.355 e. The quantitative estimate of drug-likeness (QED) is 0.445. The Bertz CT molecular complexity index is 472. The van der Waals surface area contributed by atoms with Gasteiger partial charge in [-0.1, -0.05) is 19.1 Å². The summed E-state index contributed by atoms with van der Waals surface area (Å²) in [4.78, 5) is 4.52. The van der Waals surface area contributed by atoms with Gasteiger partial charge in [-0.3, -0.25) is 0 Å². The molecule has 0 radical (unpaired) electrons. The van der Waals surface area contributed by atoms with Crippen LogP contribution in [-0.4, -0.2) is 39.9 Å². The van der Waals surface area contributed by atoms with E-state index in [1.165, 1.54) is 12.8 Å². The molecule has 1 aromatic heterocycles. The molecule has 0 spiro atoms. The Morgan fingerprint density at radius 3 is 3.00 bits per heavy atom. The first-order valence-corrected chi connectivity index (χ1v) is 7.25. The summed E-state index contributed by atoms with van der Waals surface area (Å²) in [7, 11) is 0. The van der Waals surface area contributed by atoms with Gasteiger partial charge in [0.25, 0.3) is 0 Å². The van der Waals surface area contributed by atoms with E-state index in [4.69, 9.17) is 0 Å². The second-order valence-corrected chi connectivity index (χ2v) is 5.26. The van der Waals surface area contributed by atoms with Crippen LogP contribution in [0.3, 0.4) is 0 Å². The minimum atomic E-state index is 0.590. The Morgan fingerprint density at radius 2 is 2.35 bits per heavy atom. The lowest BCUT2D eigenvalue weighted by atomic mass is 10.4. The molecular weight excluding hydrogens is 252 g/mol. The van der Waals surface area contributed by atoms with Crippen LogP contribution in [-0.2, 0) is 13.0 Å². The van der Waals surface area contributed by atoms with Gasteiger partial charge < -0.3 is 15.2 Å². The van der Waals surface area contributed by atoms with E-state index in [1.54, 1.807) is 6.33 Å². The Morgan fingerprint density at radius 1 is 1.55 bits per heavy atom. The molecule has 1 aliphatic rings. The SMILES string of the molecule is C=C(C)CN=C(NCCn1cnnc1CC)NC1CC1. The van der Waals surface area contributed by atoms with Gasteiger partial charge in [0.2, 0.25) is 0 Å². The average Bonchev–Trinajstić information content (AvgIpc) is 3.12. The fraction of sp³-hybridized carbons (Fsp3) is 0.643. The van der Waals surface area contributed by atoms with E-state index in [0.717, 1.165) is 36.9 Å². The number of nitrogens with one attached hydrogen (secondary N) is 2. The molecule has 0 unspecified atom stereocenters. The summed E-state index contributed by atoms with van der Waals surface area (Å²) < 4.78 is 2.07. The number of hydrogen-bond donors (Lipinski definition) is 2. The zero-order valence-corrected chi connectivity index (χ0v) is 12.4. The minimum absolute atomic E-state index is 0.590. The van der Waals surface area contributed by atoms with Crippen molar-refractivity contribution in [3.63, 3.8) is 0 Å². The fourth-order valence-electron chi connectivity index (χ4n) is 1.82. The van der Waals surface area contributed by atoms with Crippen LogP contribution in [0, 0.1) is 0 Å². The van der Waals surface area contributed by atoms with Crippen LogP contribution < -0.4 is 10.6 Å². The topological polar surface area (TPSA) is 67.1 Å². The van der Waals surface area contributed by atoms with Crippen molar-refractivity contribution in [1.82, 2.24) is 25.4 Å². The number of aliphatic imine (C=N–C) groups is 1. The van der Waals surface area contributed by atoms with Crippen molar-refractivity contribution in [2.24, 2.45) is 4.99 Å². The van der Waals surface area contributed by atoms with Crippen LogP contribution in [0.4, 0.5) is 0 Å². The van der Waals surface area contributed by atoms with Gasteiger partial charge >= 0.3 is 0 Å². The van der Waals surface area contributed by atoms with E-state index in [0.29, 0.717) is 12.6 Å². The predicted molar refractivity (Wildman–Crippen MR) is 80.7 cm³/mol. The van der Waals surface area contributed by atoms with Crippen molar-refractivity contribution in [2.45, 2.75) is 45.7 Å². The third-order valence-electron chi connectivity index (χ3n) is 3.08. The summed E-state index contributed by atoms with van der Waals surface area (Å²) in [5, 5.41) is 14.8. The van der Waals surface area contributed by atoms with Crippen LogP contribution in [0.15, 0.2) is 23.5 Å². The molecule has 1 fully saturated rings. The van der Waals surface area contributed by atoms with Crippen molar-refractivity contribution in [2.75, 3.05) is 13.1 Å². The lowest BCUT2D eigenvalue weighted by molar-refractivity contribution is 0.631. The van der Waals surface area contributed by atoms with Gasteiger partial charge in [-0.15, -0.1) is 10.2 Å². The summed E-state index contributed by atoms with van der Waals surface area (Å²) >= 11 is 0. The molecule has 1 aliphatic carbocycles. The van der Waals surface area contributed by atoms with E-state index in [-0.39, 0.29) is 0 Å². The van der Waals surface area contributed by atoms with Gasteiger partial charge in [-0.05, 0) is 19.8 Å². The lowest BCUT2D eigenvalue weighted by Crippen LogP contribution is -2.40. The van der Waals surface area contributed by atoms with E-state index in [1.807, 2.05) is 6.92 Å². The van der Waals surface area contributed by atoms with Crippen molar-refractivity contribution in [3.05, 3.63) is 24.3 Å². The molecule has 1 aromatic rings. The number of rotatable bonds is 7. The van der Waals surface area contributed by atoms with Gasteiger partial charge in [-0.2, -0.15) is 0 Å². The Balaban J connectivity index is 1.81. The van der Waals surface area contributed by atoms with Crippen LogP contribution in [0.2, 0.25) is 0 Å². The first kappa shape index (κ1) is 14.6. The third kappa shape index (κ3) is 4.68. The Labute approximate surface area is 120 Å². The van der Waals surface area contributed by atoms with Gasteiger partial charge in [0.15, 0.2) is 5.96 Å². The van der Waals surface area contributed by atoms with E-state index < -0.39 is 0 Å². The van der Waals surface area contributed by atoms with Crippen LogP contribution in [0.5, 0.6) is 0 Å². The number of aromatic nitrogens is 3. The van der Waals surface area contributed by atoms with E-state index in [2.05, 4.69) is 43.9 Å². The smallest absolute Gasteiger partial charge is 0.191 e. The molecule has 0 atom stereocenters. The molecule has 0 amide bonds. The highest BCUT2D eigenvalue weighted by atomic mass is 15.3. The monoisotopic (exact) mass is 276 g/mol. The van der Waals surface area contributed by atoms with Crippen molar-refractivity contribution < 1.29 is 0 Å². The van der Waals surface area contributed by atoms with Crippen LogP contribution >= 0.6 is 0 Å². The van der Waals surface area contributed by atoms with Crippen LogP contribution in [0.25, 0.3) is 0 Å². The van der Waals surface area contributed by atoms with Gasteiger partial charge in [0.05, 0.1) is 6.54 Å². The molecule has 20 heavy (non-hydrogen) atoms. The summed E-state index contributed by atoms with van der Waals surface area (Å²) in [6.45, 7) is 10.3. The maximum atomic E-state index is 4.52. The zero-order chi connectivity index (χ0) is 14.4. The average molecular weight is 276 g/mol. The molecule has 0 saturated heterocycles. The zero-order valence-electron chi connectivity index (χ0n) is 12.4. The maximum absolute atomic E-state index is 4.52. The van der Waals surface area contributed by atoms with Crippen molar-refractivity contribution in [1.29, 1.82) is 0 Å². The van der Waals surface area contributed by atoms with Crippen LogP contribution in [0.1, 0.15) is 32.5 Å². The molecule has 0 bridgehead atoms. The second-order valence-electron chi connectivity index (χ2n) is 5.26. The predicted octanol–water partition coefficient (Wildman–Crippen LogP) is 1.11. The number of nitrogens with zero attached hydrogens (tertiary/aromatic N) is 4. The highest BCUT2D eigenvalue weighted by Crippen LogP contribution is 2.18. The normalized spacial score (nSPS) is 15.2. The molecular formula is C14H24N6. The first-order chi connectivity index (χ1) is 9.69. The number of hydrogen-bond acceptors (Lipinski definition) is 3. The molecule has 6 nitrogen and oxygen atoms in total. The fourth-order valence-corrected chi connectivity index (χ4v) is 1.82. The highest BCUT2D eigenvalue weighted by Gasteiger charge is 2.22. The summed E-state index contributed by atoms with van der Waals surface area (Å²) in [5.74, 6) is 1.89. The Kier molecular flexibility index (Phi) is 5.15. The summed E-state index contributed by atoms with van der Waals surface area (Å²) in [6, 6.07) is 0.590. The highest BCUT2D eigenvalue weighted by molar-refractivity contribution is 5.80. The van der Waals surface area contributed by atoms with Crippen molar-refractivity contribution in [3.8, 4) is 0 Å². The van der Waals surface area contributed by atoms with Gasteiger partial charge in [-0.25, -0.2) is 4.99 Å². The molecule has 2 rings (SSSR count). The molecule has 0 aliphatic heterocycles. The van der Waals surface area contributed by atoms with E-state index >= 15 is 0 Å². The van der Waals surface area contributed by atoms with Gasteiger partial charge in [0.1, 0.15) is 12.2 Å². The third-order valence-corrected chi connectivity index (χ3v) is 3.08. The molecule has 2 N–H and O–H groups in total. The standard InChI is InChI=1S/C14H24N6/c1-4-13-19-17-10-20(13)8-7-15-14(16-9-11(2)3)18-12-5-6-12/h10,12H,2,4-9H2,1,3H3,(H2,15,16,18). The Hall–Kier alpha value is -1.85. The van der Waals surface area contributed by atoms with E-state index in [9.17, 15) is 0 Å². The number of aryl methyl sites for hydroxylation is 1. The first-order valence-electron chi connectivity index (χ1n) is 7.25.